The smallest absolute Gasteiger partial charge is 0.318 e. The second-order valence-electron chi connectivity index (χ2n) is 3.40. The molecule has 3 heteroatoms. The van der Waals surface area contributed by atoms with Gasteiger partial charge in [0.05, 0.1) is 0 Å². The first kappa shape index (κ1) is 11.4. The molecule has 0 aliphatic rings. The maximum atomic E-state index is 11.6. The molecule has 0 aliphatic heterocycles. The lowest BCUT2D eigenvalue weighted by Gasteiger charge is -2.10. The summed E-state index contributed by atoms with van der Waals surface area (Å²) in [7, 11) is 0. The van der Waals surface area contributed by atoms with Gasteiger partial charge in [-0.1, -0.05) is 37.3 Å². The Hall–Kier alpha value is -1.64. The normalized spacial score (nSPS) is 12.1. The molecule has 0 aliphatic carbocycles. The molecule has 0 bridgehead atoms. The quantitative estimate of drug-likeness (QED) is 0.751. The van der Waals surface area contributed by atoms with Gasteiger partial charge in [0.2, 0.25) is 0 Å². The lowest BCUT2D eigenvalue weighted by atomic mass is 9.92. The summed E-state index contributed by atoms with van der Waals surface area (Å²) >= 11 is 0. The Balaban J connectivity index is 2.94. The van der Waals surface area contributed by atoms with E-state index in [9.17, 15) is 9.59 Å². The lowest BCUT2D eigenvalue weighted by Crippen LogP contribution is -2.21. The van der Waals surface area contributed by atoms with Crippen LogP contribution >= 0.6 is 0 Å². The van der Waals surface area contributed by atoms with Gasteiger partial charge in [0.25, 0.3) is 0 Å². The van der Waals surface area contributed by atoms with E-state index < -0.39 is 11.9 Å². The number of ketones is 1. The monoisotopic (exact) mass is 206 g/mol. The number of hydrogen-bond acceptors (Lipinski definition) is 2. The van der Waals surface area contributed by atoms with Crippen molar-refractivity contribution in [2.45, 2.75) is 25.7 Å². The summed E-state index contributed by atoms with van der Waals surface area (Å²) in [6.45, 7) is 1.86. The highest BCUT2D eigenvalue weighted by Gasteiger charge is 2.26. The number of rotatable bonds is 5. The van der Waals surface area contributed by atoms with E-state index in [4.69, 9.17) is 5.11 Å². The number of carbonyl (C=O) groups is 2. The highest BCUT2D eigenvalue weighted by atomic mass is 16.4. The van der Waals surface area contributed by atoms with Crippen LogP contribution in [0.15, 0.2) is 30.3 Å². The summed E-state index contributed by atoms with van der Waals surface area (Å²) in [5, 5.41) is 9.00. The van der Waals surface area contributed by atoms with Crippen LogP contribution in [-0.2, 0) is 9.59 Å². The number of carbonyl (C=O) groups excluding carboxylic acids is 1. The average Bonchev–Trinajstić information content (AvgIpc) is 2.19. The van der Waals surface area contributed by atoms with Crippen LogP contribution in [0.1, 0.15) is 31.2 Å². The maximum absolute atomic E-state index is 11.6. The molecule has 1 atom stereocenters. The molecule has 0 heterocycles. The van der Waals surface area contributed by atoms with Gasteiger partial charge in [0.1, 0.15) is 5.92 Å². The predicted molar refractivity (Wildman–Crippen MR) is 56.7 cm³/mol. The van der Waals surface area contributed by atoms with Gasteiger partial charge in [-0.2, -0.15) is 0 Å². The third-order valence-electron chi connectivity index (χ3n) is 2.20. The van der Waals surface area contributed by atoms with Crippen molar-refractivity contribution in [3.05, 3.63) is 35.9 Å². The fraction of sp³-hybridized carbons (Fsp3) is 0.333. The minimum Gasteiger partial charge on any atom is -0.480 e. The van der Waals surface area contributed by atoms with Crippen LogP contribution in [0.25, 0.3) is 0 Å². The largest absolute Gasteiger partial charge is 0.480 e. The van der Waals surface area contributed by atoms with Crippen molar-refractivity contribution < 1.29 is 14.7 Å². The molecule has 0 spiro atoms. The van der Waals surface area contributed by atoms with Crippen LogP contribution < -0.4 is 0 Å². The van der Waals surface area contributed by atoms with E-state index in [2.05, 4.69) is 0 Å². The van der Waals surface area contributed by atoms with E-state index in [1.807, 2.05) is 6.92 Å². The van der Waals surface area contributed by atoms with Gasteiger partial charge >= 0.3 is 5.97 Å². The number of Topliss-reactive ketones (excluding diaryl/α,β-unsaturated/α-hetero) is 1. The second kappa shape index (κ2) is 5.29. The number of carboxylic acid groups (broad SMARTS) is 1. The lowest BCUT2D eigenvalue weighted by molar-refractivity contribution is -0.142. The maximum Gasteiger partial charge on any atom is 0.318 e. The molecule has 0 aromatic heterocycles. The van der Waals surface area contributed by atoms with E-state index in [1.165, 1.54) is 0 Å². The van der Waals surface area contributed by atoms with Crippen LogP contribution in [0, 0.1) is 0 Å². The molecule has 80 valence electrons. The summed E-state index contributed by atoms with van der Waals surface area (Å²) in [5.74, 6) is -2.30. The standard InChI is InChI=1S/C12H14O3/c1-2-6-10(13)11(12(14)15)9-7-4-3-5-8-9/h3-5,7-8,11H,2,6H2,1H3,(H,14,15). The van der Waals surface area contributed by atoms with Crippen molar-refractivity contribution in [3.63, 3.8) is 0 Å². The van der Waals surface area contributed by atoms with Crippen LogP contribution in [0.5, 0.6) is 0 Å². The van der Waals surface area contributed by atoms with Crippen LogP contribution in [0.4, 0.5) is 0 Å². The fourth-order valence-corrected chi connectivity index (χ4v) is 1.50. The highest BCUT2D eigenvalue weighted by molar-refractivity contribution is 6.03. The summed E-state index contributed by atoms with van der Waals surface area (Å²) in [6.07, 6.45) is 0.987. The predicted octanol–water partition coefficient (Wildman–Crippen LogP) is 2.22. The number of hydrogen-bond donors (Lipinski definition) is 1. The molecule has 1 rings (SSSR count). The van der Waals surface area contributed by atoms with Crippen molar-refractivity contribution in [1.82, 2.24) is 0 Å². The Labute approximate surface area is 88.7 Å². The number of aliphatic carboxylic acids is 1. The van der Waals surface area contributed by atoms with Gasteiger partial charge < -0.3 is 5.11 Å². The highest BCUT2D eigenvalue weighted by Crippen LogP contribution is 2.19. The van der Waals surface area contributed by atoms with Gasteiger partial charge in [-0.15, -0.1) is 0 Å². The minimum absolute atomic E-state index is 0.226. The molecule has 0 amide bonds. The van der Waals surface area contributed by atoms with E-state index in [0.717, 1.165) is 0 Å². The molecule has 0 fully saturated rings. The third-order valence-corrected chi connectivity index (χ3v) is 2.20. The number of carboxylic acids is 1. The number of benzene rings is 1. The third kappa shape index (κ3) is 2.91. The Bertz CT molecular complexity index is 343. The van der Waals surface area contributed by atoms with E-state index >= 15 is 0 Å². The molecule has 0 radical (unpaired) electrons. The summed E-state index contributed by atoms with van der Waals surface area (Å²) < 4.78 is 0. The molecule has 15 heavy (non-hydrogen) atoms. The zero-order valence-electron chi connectivity index (χ0n) is 8.64. The van der Waals surface area contributed by atoms with E-state index in [1.54, 1.807) is 30.3 Å². The van der Waals surface area contributed by atoms with Gasteiger partial charge in [-0.3, -0.25) is 9.59 Å². The SMILES string of the molecule is CCCC(=O)C(C(=O)O)c1ccccc1. The van der Waals surface area contributed by atoms with Crippen molar-refractivity contribution >= 4 is 11.8 Å². The summed E-state index contributed by atoms with van der Waals surface area (Å²) in [6, 6.07) is 8.63. The molecular weight excluding hydrogens is 192 g/mol. The zero-order chi connectivity index (χ0) is 11.3. The first-order valence-corrected chi connectivity index (χ1v) is 4.97. The first-order valence-electron chi connectivity index (χ1n) is 4.97. The van der Waals surface area contributed by atoms with Crippen LogP contribution in [-0.4, -0.2) is 16.9 Å². The minimum atomic E-state index is -1.07. The topological polar surface area (TPSA) is 54.4 Å². The zero-order valence-corrected chi connectivity index (χ0v) is 8.64. The molecule has 3 nitrogen and oxygen atoms in total. The molecule has 0 saturated carbocycles. The molecule has 0 saturated heterocycles. The average molecular weight is 206 g/mol. The van der Waals surface area contributed by atoms with Crippen LogP contribution in [0.2, 0.25) is 0 Å². The first-order chi connectivity index (χ1) is 7.16. The second-order valence-corrected chi connectivity index (χ2v) is 3.40. The molecule has 1 aromatic carbocycles. The van der Waals surface area contributed by atoms with Gasteiger partial charge in [-0.25, -0.2) is 0 Å². The summed E-state index contributed by atoms with van der Waals surface area (Å²) in [4.78, 5) is 22.6. The Morgan fingerprint density at radius 1 is 1.27 bits per heavy atom. The van der Waals surface area contributed by atoms with Gasteiger partial charge in [-0.05, 0) is 12.0 Å². The van der Waals surface area contributed by atoms with Crippen LogP contribution in [0.3, 0.4) is 0 Å². The van der Waals surface area contributed by atoms with Gasteiger partial charge in [0.15, 0.2) is 5.78 Å². The van der Waals surface area contributed by atoms with E-state index in [0.29, 0.717) is 18.4 Å². The van der Waals surface area contributed by atoms with Gasteiger partial charge in [0, 0.05) is 6.42 Å². The molecule has 1 N–H and O–H groups in total. The Morgan fingerprint density at radius 2 is 1.87 bits per heavy atom. The van der Waals surface area contributed by atoms with E-state index in [-0.39, 0.29) is 5.78 Å². The Morgan fingerprint density at radius 3 is 2.33 bits per heavy atom. The summed E-state index contributed by atoms with van der Waals surface area (Å²) in [5.41, 5.74) is 0.559. The molecular formula is C12H14O3. The van der Waals surface area contributed by atoms with Crippen molar-refractivity contribution in [3.8, 4) is 0 Å². The van der Waals surface area contributed by atoms with Crippen molar-refractivity contribution in [1.29, 1.82) is 0 Å². The Kier molecular flexibility index (Phi) is 4.03. The fourth-order valence-electron chi connectivity index (χ4n) is 1.50. The van der Waals surface area contributed by atoms with Crippen molar-refractivity contribution in [2.75, 3.05) is 0 Å². The molecule has 1 unspecified atom stereocenters. The molecule has 1 aromatic rings. The van der Waals surface area contributed by atoms with Crippen molar-refractivity contribution in [2.24, 2.45) is 0 Å².